The van der Waals surface area contributed by atoms with Crippen molar-refractivity contribution in [2.45, 2.75) is 27.7 Å². The normalized spacial score (nSPS) is 5.14. The van der Waals surface area contributed by atoms with Crippen molar-refractivity contribution in [2.75, 3.05) is 26.4 Å². The van der Waals surface area contributed by atoms with Crippen LogP contribution in [0, 0.1) is 0 Å². The quantitative estimate of drug-likeness (QED) is 0.438. The van der Waals surface area contributed by atoms with Gasteiger partial charge >= 0.3 is 21.1 Å². The summed E-state index contributed by atoms with van der Waals surface area (Å²) in [6, 6.07) is 0. The first-order chi connectivity index (χ1) is 5.66. The molecule has 14 heavy (non-hydrogen) atoms. The van der Waals surface area contributed by atoms with Crippen LogP contribution in [0.15, 0.2) is 0 Å². The minimum absolute atomic E-state index is 0. The molecule has 3 radical (unpaired) electrons. The van der Waals surface area contributed by atoms with Crippen LogP contribution >= 0.6 is 0 Å². The van der Waals surface area contributed by atoms with Gasteiger partial charge in [0.25, 0.3) is 0 Å². The van der Waals surface area contributed by atoms with Gasteiger partial charge in [0.05, 0.1) is 0 Å². The molecule has 5 nitrogen and oxygen atoms in total. The molecule has 6 heteroatoms. The molecule has 0 saturated heterocycles. The number of rotatable bonds is 0. The molecule has 0 bridgehead atoms. The molecule has 0 aliphatic rings. The van der Waals surface area contributed by atoms with Gasteiger partial charge in [0.1, 0.15) is 0 Å². The first-order valence-corrected chi connectivity index (χ1v) is 3.98. The molecule has 0 aromatic rings. The first kappa shape index (κ1) is 36.6. The average molecular weight is 389 g/mol. The van der Waals surface area contributed by atoms with E-state index in [0.717, 1.165) is 0 Å². The smallest absolute Gasteiger partial charge is 0.855 e. The van der Waals surface area contributed by atoms with Crippen molar-refractivity contribution in [1.29, 1.82) is 0 Å². The Morgan fingerprint density at radius 2 is 0.571 bits per heavy atom. The van der Waals surface area contributed by atoms with Gasteiger partial charge in [-0.05, 0) is 0 Å². The molecule has 0 aromatic carbocycles. The first-order valence-electron chi connectivity index (χ1n) is 3.98. The second-order valence-electron chi connectivity index (χ2n) is 1.15. The van der Waals surface area contributed by atoms with E-state index in [9.17, 15) is 0 Å². The molecule has 0 N–H and O–H groups in total. The minimum atomic E-state index is 0. The van der Waals surface area contributed by atoms with Gasteiger partial charge < -0.3 is 20.4 Å². The van der Waals surface area contributed by atoms with Crippen LogP contribution < -0.4 is 26.6 Å². The second kappa shape index (κ2) is 104. The molecule has 91 valence electrons. The van der Waals surface area contributed by atoms with Crippen molar-refractivity contribution in [3.05, 3.63) is 0 Å². The summed E-state index contributed by atoms with van der Waals surface area (Å²) in [5.41, 5.74) is 0. The minimum Gasteiger partial charge on any atom is -0.855 e. The molecule has 0 aromatic heterocycles. The SMILES string of the molecule is CC[O-].CC[O-].CC[O-].CC[O-].[N].[Pt+4]. The predicted octanol–water partition coefficient (Wildman–Crippen LogP) is -3.02. The zero-order valence-electron chi connectivity index (χ0n) is 9.22. The Morgan fingerprint density at radius 3 is 0.571 bits per heavy atom. The van der Waals surface area contributed by atoms with Crippen LogP contribution in [0.4, 0.5) is 0 Å². The van der Waals surface area contributed by atoms with E-state index in [4.69, 9.17) is 20.4 Å². The third kappa shape index (κ3) is 6910. The van der Waals surface area contributed by atoms with Crippen molar-refractivity contribution >= 4 is 0 Å². The third-order valence-electron chi connectivity index (χ3n) is 0. The summed E-state index contributed by atoms with van der Waals surface area (Å²) in [4.78, 5) is 0. The largest absolute Gasteiger partial charge is 4.00 e. The van der Waals surface area contributed by atoms with E-state index in [2.05, 4.69) is 0 Å². The molecule has 0 fully saturated rings. The molecular weight excluding hydrogens is 369 g/mol. The van der Waals surface area contributed by atoms with Gasteiger partial charge in [-0.15, -0.1) is 26.4 Å². The molecule has 0 rings (SSSR count). The number of hydrogen-bond donors (Lipinski definition) is 0. The van der Waals surface area contributed by atoms with E-state index in [-0.39, 0.29) is 53.6 Å². The van der Waals surface area contributed by atoms with Crippen molar-refractivity contribution < 1.29 is 41.5 Å². The van der Waals surface area contributed by atoms with Crippen molar-refractivity contribution in [2.24, 2.45) is 0 Å². The fraction of sp³-hybridized carbons (Fsp3) is 1.00. The van der Waals surface area contributed by atoms with E-state index in [1.807, 2.05) is 0 Å². The monoisotopic (exact) mass is 389 g/mol. The molecule has 0 amide bonds. The molecule has 0 heterocycles. The maximum atomic E-state index is 8.93. The number of hydrogen-bond acceptors (Lipinski definition) is 4. The summed E-state index contributed by atoms with van der Waals surface area (Å²) in [5.74, 6) is 0. The van der Waals surface area contributed by atoms with Gasteiger partial charge in [-0.3, -0.25) is 0 Å². The van der Waals surface area contributed by atoms with Gasteiger partial charge in [0.2, 0.25) is 0 Å². The number of nitrogens with zero attached hydrogens (tertiary/aromatic N) is 1. The summed E-state index contributed by atoms with van der Waals surface area (Å²) in [7, 11) is 0. The fourth-order valence-electron chi connectivity index (χ4n) is 0. The third-order valence-corrected chi connectivity index (χ3v) is 0. The summed E-state index contributed by atoms with van der Waals surface area (Å²) < 4.78 is 0. The Morgan fingerprint density at radius 1 is 0.571 bits per heavy atom. The fourth-order valence-corrected chi connectivity index (χ4v) is 0. The van der Waals surface area contributed by atoms with Crippen LogP contribution in [0.25, 0.3) is 0 Å². The summed E-state index contributed by atoms with van der Waals surface area (Å²) in [5, 5.41) is 35.7. The van der Waals surface area contributed by atoms with Crippen LogP contribution in [-0.4, -0.2) is 26.4 Å². The molecule has 0 unspecified atom stereocenters. The van der Waals surface area contributed by atoms with E-state index >= 15 is 0 Å². The summed E-state index contributed by atoms with van der Waals surface area (Å²) in [6.07, 6.45) is 0. The molecule has 0 aliphatic carbocycles. The van der Waals surface area contributed by atoms with Crippen LogP contribution in [-0.2, 0) is 21.1 Å². The standard InChI is InChI=1S/4C2H5O.N.Pt/c4*1-2-3;;/h4*2H2,1H3;;/q4*-1;;+4. The zero-order chi connectivity index (χ0) is 10.8. The van der Waals surface area contributed by atoms with E-state index in [0.29, 0.717) is 0 Å². The Hall–Kier alpha value is 0.488. The van der Waals surface area contributed by atoms with Gasteiger partial charge in [-0.2, -0.15) is 0 Å². The van der Waals surface area contributed by atoms with Crippen molar-refractivity contribution in [1.82, 2.24) is 6.15 Å². The van der Waals surface area contributed by atoms with E-state index in [1.54, 1.807) is 27.7 Å². The Balaban J connectivity index is -0.0000000145. The van der Waals surface area contributed by atoms with Crippen LogP contribution in [0.3, 0.4) is 0 Å². The van der Waals surface area contributed by atoms with Gasteiger partial charge in [-0.25, -0.2) is 0 Å². The van der Waals surface area contributed by atoms with Gasteiger partial charge in [0, 0.05) is 6.15 Å². The second-order valence-corrected chi connectivity index (χ2v) is 1.15. The van der Waals surface area contributed by atoms with Crippen LogP contribution in [0.2, 0.25) is 0 Å². The maximum absolute atomic E-state index is 8.93. The Bertz CT molecular complexity index is 29.3. The van der Waals surface area contributed by atoms with Gasteiger partial charge in [-0.1, -0.05) is 27.7 Å². The van der Waals surface area contributed by atoms with E-state index in [1.165, 1.54) is 0 Å². The predicted molar refractivity (Wildman–Crippen MR) is 44.3 cm³/mol. The zero-order valence-corrected chi connectivity index (χ0v) is 11.5. The Labute approximate surface area is 102 Å². The summed E-state index contributed by atoms with van der Waals surface area (Å²) >= 11 is 0. The topological polar surface area (TPSA) is 123 Å². The van der Waals surface area contributed by atoms with Crippen molar-refractivity contribution in [3.63, 3.8) is 0 Å². The molecular formula is C8H20NO4Pt. The summed E-state index contributed by atoms with van der Waals surface area (Å²) in [6.45, 7) is 6.28. The average Bonchev–Trinajstić information content (AvgIpc) is 1.92. The molecule has 0 saturated carbocycles. The molecule has 0 spiro atoms. The van der Waals surface area contributed by atoms with Crippen LogP contribution in [0.1, 0.15) is 27.7 Å². The van der Waals surface area contributed by atoms with Crippen LogP contribution in [0.5, 0.6) is 0 Å². The molecule has 0 aliphatic heterocycles. The van der Waals surface area contributed by atoms with Gasteiger partial charge in [0.15, 0.2) is 0 Å². The van der Waals surface area contributed by atoms with Crippen molar-refractivity contribution in [3.8, 4) is 0 Å². The maximum Gasteiger partial charge on any atom is 4.00 e. The van der Waals surface area contributed by atoms with E-state index < -0.39 is 0 Å². The Kier molecular flexibility index (Phi) is 273. The molecule has 0 atom stereocenters.